The molecule has 0 aliphatic rings. The maximum Gasteiger partial charge on any atom is 0.408 e. The molecule has 1 amide bonds. The maximum absolute atomic E-state index is 11.5. The molecule has 2 rings (SSSR count). The lowest BCUT2D eigenvalue weighted by Gasteiger charge is -2.25. The Kier molecular flexibility index (Phi) is 6.27. The van der Waals surface area contributed by atoms with Crippen molar-refractivity contribution >= 4 is 35.3 Å². The molecule has 1 aromatic heterocycles. The molecule has 1 aromatic carbocycles. The van der Waals surface area contributed by atoms with Crippen LogP contribution in [0.15, 0.2) is 30.7 Å². The minimum absolute atomic E-state index is 0.00374. The maximum atomic E-state index is 11.5. The van der Waals surface area contributed by atoms with Crippen molar-refractivity contribution in [3.05, 3.63) is 52.0 Å². The molecule has 0 radical (unpaired) electrons. The summed E-state index contributed by atoms with van der Waals surface area (Å²) in [5, 5.41) is 19.6. The van der Waals surface area contributed by atoms with E-state index in [1.54, 1.807) is 36.0 Å². The van der Waals surface area contributed by atoms with Crippen molar-refractivity contribution in [1.29, 1.82) is 0 Å². The van der Waals surface area contributed by atoms with Crippen molar-refractivity contribution < 1.29 is 19.8 Å². The highest BCUT2D eigenvalue weighted by Crippen LogP contribution is 2.20. The van der Waals surface area contributed by atoms with Crippen LogP contribution in [0, 0.1) is 0 Å². The van der Waals surface area contributed by atoms with Gasteiger partial charge in [0.15, 0.2) is 0 Å². The van der Waals surface area contributed by atoms with Crippen LogP contribution in [-0.2, 0) is 17.8 Å². The predicted octanol–water partition coefficient (Wildman–Crippen LogP) is 3.23. The van der Waals surface area contributed by atoms with E-state index >= 15 is 0 Å². The lowest BCUT2D eigenvalue weighted by Crippen LogP contribution is -2.45. The quantitative estimate of drug-likeness (QED) is 0.762. The average Bonchev–Trinajstić information content (AvgIpc) is 2.92. The Morgan fingerprint density at radius 2 is 1.88 bits per heavy atom. The number of halogens is 2. The molecule has 0 spiro atoms. The Balaban J connectivity index is 2.25. The molecule has 0 bridgehead atoms. The summed E-state index contributed by atoms with van der Waals surface area (Å²) in [7, 11) is 0. The van der Waals surface area contributed by atoms with Crippen LogP contribution in [0.1, 0.15) is 18.2 Å². The number of carboxylic acids is 1. The first kappa shape index (κ1) is 19.1. The van der Waals surface area contributed by atoms with Gasteiger partial charge in [-0.1, -0.05) is 23.2 Å². The molecule has 0 saturated heterocycles. The van der Waals surface area contributed by atoms with Crippen molar-refractivity contribution in [2.75, 3.05) is 6.54 Å². The molecule has 25 heavy (non-hydrogen) atoms. The summed E-state index contributed by atoms with van der Waals surface area (Å²) in [6.45, 7) is 2.06. The zero-order valence-electron chi connectivity index (χ0n) is 13.4. The number of aromatic nitrogens is 2. The first-order chi connectivity index (χ1) is 11.8. The molecule has 134 valence electrons. The number of amides is 1. The number of hydrogen-bond acceptors (Lipinski definition) is 3. The number of aliphatic carboxylic acids is 1. The molecule has 0 saturated carbocycles. The normalized spacial score (nSPS) is 12.0. The van der Waals surface area contributed by atoms with Gasteiger partial charge >= 0.3 is 12.1 Å². The molecular formula is C16H17Cl2N3O4. The summed E-state index contributed by atoms with van der Waals surface area (Å²) < 4.78 is 1.74. The molecule has 0 aliphatic heterocycles. The molecule has 2 N–H and O–H groups in total. The van der Waals surface area contributed by atoms with Crippen molar-refractivity contribution in [1.82, 2.24) is 14.5 Å². The Labute approximate surface area is 154 Å². The minimum Gasteiger partial charge on any atom is -0.480 e. The third-order valence-corrected chi connectivity index (χ3v) is 4.16. The van der Waals surface area contributed by atoms with Gasteiger partial charge < -0.3 is 14.8 Å². The third kappa shape index (κ3) is 4.87. The lowest BCUT2D eigenvalue weighted by atomic mass is 10.1. The third-order valence-electron chi connectivity index (χ3n) is 3.72. The summed E-state index contributed by atoms with van der Waals surface area (Å²) >= 11 is 12.0. The molecule has 0 fully saturated rings. The van der Waals surface area contributed by atoms with E-state index in [4.69, 9.17) is 23.2 Å². The van der Waals surface area contributed by atoms with Gasteiger partial charge in [-0.15, -0.1) is 0 Å². The van der Waals surface area contributed by atoms with Gasteiger partial charge in [-0.2, -0.15) is 0 Å². The number of carboxylic acid groups (broad SMARTS) is 2. The van der Waals surface area contributed by atoms with Crippen molar-refractivity contribution in [3.8, 4) is 0 Å². The van der Waals surface area contributed by atoms with E-state index in [1.165, 1.54) is 6.20 Å². The number of benzene rings is 1. The monoisotopic (exact) mass is 385 g/mol. The fraction of sp³-hybridized carbons (Fsp3) is 0.312. The van der Waals surface area contributed by atoms with Crippen LogP contribution in [0.4, 0.5) is 4.79 Å². The highest BCUT2D eigenvalue weighted by molar-refractivity contribution is 6.34. The van der Waals surface area contributed by atoms with Gasteiger partial charge in [-0.05, 0) is 30.7 Å². The first-order valence-corrected chi connectivity index (χ1v) is 8.23. The van der Waals surface area contributed by atoms with Crippen molar-refractivity contribution in [2.24, 2.45) is 0 Å². The second kappa shape index (κ2) is 8.22. The fourth-order valence-electron chi connectivity index (χ4n) is 2.58. The zero-order valence-corrected chi connectivity index (χ0v) is 14.9. The number of rotatable bonds is 7. The van der Waals surface area contributed by atoms with E-state index < -0.39 is 18.1 Å². The Hall–Kier alpha value is -2.25. The van der Waals surface area contributed by atoms with Crippen LogP contribution in [-0.4, -0.2) is 49.3 Å². The van der Waals surface area contributed by atoms with Gasteiger partial charge in [0, 0.05) is 41.4 Å². The summed E-state index contributed by atoms with van der Waals surface area (Å²) in [6, 6.07) is 3.93. The van der Waals surface area contributed by atoms with E-state index in [1.807, 2.05) is 0 Å². The number of likely N-dealkylation sites (N-methyl/N-ethyl adjacent to an activating group) is 1. The minimum atomic E-state index is -1.28. The molecule has 2 aromatic rings. The number of imidazole rings is 1. The van der Waals surface area contributed by atoms with Gasteiger partial charge in [0.25, 0.3) is 0 Å². The van der Waals surface area contributed by atoms with E-state index in [0.717, 1.165) is 10.5 Å². The first-order valence-electron chi connectivity index (χ1n) is 7.48. The van der Waals surface area contributed by atoms with Crippen LogP contribution >= 0.6 is 23.2 Å². The fourth-order valence-corrected chi connectivity index (χ4v) is 3.15. The molecule has 1 heterocycles. The Morgan fingerprint density at radius 3 is 2.40 bits per heavy atom. The van der Waals surface area contributed by atoms with Crippen LogP contribution in [0.5, 0.6) is 0 Å². The van der Waals surface area contributed by atoms with Gasteiger partial charge in [-0.25, -0.2) is 14.6 Å². The van der Waals surface area contributed by atoms with Gasteiger partial charge in [0.2, 0.25) is 0 Å². The van der Waals surface area contributed by atoms with Crippen LogP contribution in [0.3, 0.4) is 0 Å². The summed E-state index contributed by atoms with van der Waals surface area (Å²) in [5.74, 6) is -1.21. The van der Waals surface area contributed by atoms with E-state index in [2.05, 4.69) is 4.98 Å². The number of carbonyl (C=O) groups is 2. The van der Waals surface area contributed by atoms with Crippen LogP contribution in [0.25, 0.3) is 0 Å². The Bertz CT molecular complexity index is 758. The Morgan fingerprint density at radius 1 is 1.24 bits per heavy atom. The predicted molar refractivity (Wildman–Crippen MR) is 93.3 cm³/mol. The number of hydrogen-bond donors (Lipinski definition) is 2. The standard InChI is InChI=1S/C16H17Cl2N3O4/c1-2-21(16(24)25)14(15(22)23)6-13-7-19-9-20(13)8-10-3-11(17)5-12(18)4-10/h3-5,7,9,14H,2,6,8H2,1H3,(H,22,23)(H,24,25). The summed E-state index contributed by atoms with van der Waals surface area (Å²) in [4.78, 5) is 27.7. The van der Waals surface area contributed by atoms with Crippen LogP contribution < -0.4 is 0 Å². The van der Waals surface area contributed by atoms with Gasteiger partial charge in [0.05, 0.1) is 6.33 Å². The molecule has 0 aliphatic carbocycles. The average molecular weight is 386 g/mol. The van der Waals surface area contributed by atoms with Gasteiger partial charge in [-0.3, -0.25) is 4.90 Å². The topological polar surface area (TPSA) is 95.7 Å². The lowest BCUT2D eigenvalue weighted by molar-refractivity contribution is -0.142. The van der Waals surface area contributed by atoms with Crippen LogP contribution in [0.2, 0.25) is 10.0 Å². The molecule has 7 nitrogen and oxygen atoms in total. The smallest absolute Gasteiger partial charge is 0.408 e. The molecule has 9 heteroatoms. The van der Waals surface area contributed by atoms with Crippen molar-refractivity contribution in [2.45, 2.75) is 25.9 Å². The molecule has 1 unspecified atom stereocenters. The second-order valence-corrected chi connectivity index (χ2v) is 6.29. The molecule has 1 atom stereocenters. The highest BCUT2D eigenvalue weighted by Gasteiger charge is 2.29. The van der Waals surface area contributed by atoms with Crippen molar-refractivity contribution in [3.63, 3.8) is 0 Å². The highest BCUT2D eigenvalue weighted by atomic mass is 35.5. The number of nitrogens with zero attached hydrogens (tertiary/aromatic N) is 3. The summed E-state index contributed by atoms with van der Waals surface area (Å²) in [5.41, 5.74) is 1.43. The van der Waals surface area contributed by atoms with E-state index in [-0.39, 0.29) is 13.0 Å². The van der Waals surface area contributed by atoms with E-state index in [9.17, 15) is 19.8 Å². The van der Waals surface area contributed by atoms with Gasteiger partial charge in [0.1, 0.15) is 6.04 Å². The largest absolute Gasteiger partial charge is 0.480 e. The SMILES string of the molecule is CCN(C(=O)O)C(Cc1cncn1Cc1cc(Cl)cc(Cl)c1)C(=O)O. The molecular weight excluding hydrogens is 369 g/mol. The summed E-state index contributed by atoms with van der Waals surface area (Å²) in [6.07, 6.45) is 1.81. The second-order valence-electron chi connectivity index (χ2n) is 5.42. The van der Waals surface area contributed by atoms with E-state index in [0.29, 0.717) is 22.3 Å². The zero-order chi connectivity index (χ0) is 18.6.